The van der Waals surface area contributed by atoms with Gasteiger partial charge >= 0.3 is 21.1 Å². The quantitative estimate of drug-likeness (QED) is 0.336. The molecule has 0 saturated heterocycles. The molecule has 0 amide bonds. The van der Waals surface area contributed by atoms with E-state index < -0.39 is 15.6 Å². The molecule has 0 saturated carbocycles. The van der Waals surface area contributed by atoms with E-state index in [9.17, 15) is 0 Å². The monoisotopic (exact) mass is 306 g/mol. The first kappa shape index (κ1) is 23.0. The summed E-state index contributed by atoms with van der Waals surface area (Å²) in [5.41, 5.74) is 0. The minimum atomic E-state index is -5.39. The summed E-state index contributed by atoms with van der Waals surface area (Å²) in [5, 5.41) is 0. The molecular formula is H4MoNO8P2. The van der Waals surface area contributed by atoms with Crippen molar-refractivity contribution in [2.24, 2.45) is 0 Å². The fraction of sp³-hybridized carbons (Fsp3) is 0. The van der Waals surface area contributed by atoms with Crippen molar-refractivity contribution >= 4 is 15.6 Å². The van der Waals surface area contributed by atoms with Gasteiger partial charge in [0, 0.05) is 0 Å². The fourth-order valence-electron chi connectivity index (χ4n) is 0. The van der Waals surface area contributed by atoms with E-state index in [2.05, 4.69) is 0 Å². The van der Waals surface area contributed by atoms with Crippen LogP contribution in [0.3, 0.4) is 0 Å². The summed E-state index contributed by atoms with van der Waals surface area (Å²) in [7, 11) is -10.8. The molecule has 0 fully saturated rings. The van der Waals surface area contributed by atoms with Crippen LogP contribution in [0.2, 0.25) is 0 Å². The zero-order valence-electron chi connectivity index (χ0n) is 5.57. The molecule has 0 aliphatic heterocycles. The standard InChI is InChI=1S/Mo.H3N.2H3O4P/c;;2*1-5(2,3)4/h;1H3;2*(H3,1,2,3,4)/q+5;;;/p-5. The molecule has 0 aromatic rings. The summed E-state index contributed by atoms with van der Waals surface area (Å²) >= 11 is 0. The largest absolute Gasteiger partial charge is 5.00 e. The summed E-state index contributed by atoms with van der Waals surface area (Å²) in [6, 6.07) is 0. The molecule has 9 nitrogen and oxygen atoms in total. The molecule has 0 spiro atoms. The van der Waals surface area contributed by atoms with Crippen molar-refractivity contribution in [3.63, 3.8) is 0 Å². The van der Waals surface area contributed by atoms with Crippen molar-refractivity contribution in [3.05, 3.63) is 0 Å². The zero-order valence-corrected chi connectivity index (χ0v) is 9.36. The normalized spacial score (nSPS) is 9.83. The maximum Gasteiger partial charge on any atom is 5.00 e. The Labute approximate surface area is 81.8 Å². The van der Waals surface area contributed by atoms with E-state index in [4.69, 9.17) is 38.5 Å². The Bertz CT molecular complexity index is 129. The van der Waals surface area contributed by atoms with Gasteiger partial charge in [-0.2, -0.15) is 15.6 Å². The minimum absolute atomic E-state index is 0. The number of quaternary nitrogens is 1. The second-order valence-corrected chi connectivity index (χ2v) is 2.68. The van der Waals surface area contributed by atoms with Crippen LogP contribution in [0.5, 0.6) is 0 Å². The Balaban J connectivity index is -0.0000000457. The third-order valence-corrected chi connectivity index (χ3v) is 0. The van der Waals surface area contributed by atoms with Crippen molar-refractivity contribution in [1.82, 2.24) is 6.15 Å². The van der Waals surface area contributed by atoms with Crippen LogP contribution in [0.1, 0.15) is 0 Å². The fourth-order valence-corrected chi connectivity index (χ4v) is 0. The molecule has 0 heterocycles. The molecule has 0 rings (SSSR count). The van der Waals surface area contributed by atoms with Crippen molar-refractivity contribution in [3.8, 4) is 0 Å². The van der Waals surface area contributed by atoms with E-state index in [0.717, 1.165) is 0 Å². The first-order chi connectivity index (χ1) is 4.00. The molecule has 0 unspecified atom stereocenters. The van der Waals surface area contributed by atoms with Crippen molar-refractivity contribution in [1.29, 1.82) is 0 Å². The van der Waals surface area contributed by atoms with Crippen LogP contribution in [-0.4, -0.2) is 0 Å². The maximum atomic E-state index is 8.55. The number of hydrogen-bond acceptors (Lipinski definition) is 8. The van der Waals surface area contributed by atoms with E-state index in [-0.39, 0.29) is 27.2 Å². The predicted octanol–water partition coefficient (Wildman–Crippen LogP) is -5.28. The van der Waals surface area contributed by atoms with Crippen LogP contribution >= 0.6 is 15.6 Å². The van der Waals surface area contributed by atoms with Gasteiger partial charge in [0.15, 0.2) is 0 Å². The Morgan fingerprint density at radius 3 is 0.667 bits per heavy atom. The van der Waals surface area contributed by atoms with Crippen LogP contribution < -0.4 is 35.5 Å². The minimum Gasteiger partial charge on any atom is -0.822 e. The van der Waals surface area contributed by atoms with Crippen LogP contribution in [0.15, 0.2) is 0 Å². The maximum absolute atomic E-state index is 8.55. The molecule has 73 valence electrons. The Morgan fingerprint density at radius 1 is 0.667 bits per heavy atom. The number of phosphoric acid groups is 2. The van der Waals surface area contributed by atoms with E-state index in [0.29, 0.717) is 0 Å². The van der Waals surface area contributed by atoms with Gasteiger partial charge in [0.25, 0.3) is 0 Å². The second-order valence-electron chi connectivity index (χ2n) is 0.894. The van der Waals surface area contributed by atoms with Crippen LogP contribution in [-0.2, 0) is 30.2 Å². The zero-order chi connectivity index (χ0) is 9.00. The average molecular weight is 304 g/mol. The van der Waals surface area contributed by atoms with E-state index in [1.807, 2.05) is 0 Å². The summed E-state index contributed by atoms with van der Waals surface area (Å²) in [4.78, 5) is 51.3. The third kappa shape index (κ3) is 1400. The third-order valence-electron chi connectivity index (χ3n) is 0. The van der Waals surface area contributed by atoms with Gasteiger partial charge in [-0.3, -0.25) is 0 Å². The van der Waals surface area contributed by atoms with E-state index in [1.165, 1.54) is 0 Å². The summed E-state index contributed by atoms with van der Waals surface area (Å²) in [5.74, 6) is 0. The first-order valence-electron chi connectivity index (χ1n) is 1.46. The average Bonchev–Trinajstić information content (AvgIpc) is 1.12. The SMILES string of the molecule is O=P([O-])([O-])[O-].O=P([O-])([O-])[O-].[Mo+5].[NH4+]. The van der Waals surface area contributed by atoms with E-state index >= 15 is 0 Å². The molecule has 1 radical (unpaired) electrons. The van der Waals surface area contributed by atoms with Gasteiger partial charge in [0.2, 0.25) is 0 Å². The summed E-state index contributed by atoms with van der Waals surface area (Å²) < 4.78 is 17.1. The first-order valence-corrected chi connectivity index (χ1v) is 4.38. The van der Waals surface area contributed by atoms with Gasteiger partial charge in [0.1, 0.15) is 0 Å². The number of hydrogen-bond donors (Lipinski definition) is 1. The van der Waals surface area contributed by atoms with Crippen LogP contribution in [0.4, 0.5) is 0 Å². The molecule has 0 bridgehead atoms. The van der Waals surface area contributed by atoms with Gasteiger partial charge < -0.3 is 44.6 Å². The molecule has 0 aromatic carbocycles. The van der Waals surface area contributed by atoms with Crippen LogP contribution in [0.25, 0.3) is 0 Å². The molecule has 4 N–H and O–H groups in total. The Hall–Kier alpha value is 0.868. The van der Waals surface area contributed by atoms with Gasteiger partial charge in [-0.15, -0.1) is 0 Å². The topological polar surface area (TPSA) is 209 Å². The molecule has 0 aliphatic rings. The van der Waals surface area contributed by atoms with Crippen molar-refractivity contribution in [2.75, 3.05) is 0 Å². The molecule has 0 atom stereocenters. The molecule has 12 heavy (non-hydrogen) atoms. The molecular weight excluding hydrogens is 300 g/mol. The smallest absolute Gasteiger partial charge is 0.822 e. The summed E-state index contributed by atoms with van der Waals surface area (Å²) in [6.45, 7) is 0. The Kier molecular flexibility index (Phi) is 16.3. The van der Waals surface area contributed by atoms with Gasteiger partial charge in [-0.1, -0.05) is 0 Å². The molecule has 0 aromatic heterocycles. The van der Waals surface area contributed by atoms with Crippen molar-refractivity contribution < 1.29 is 59.6 Å². The van der Waals surface area contributed by atoms with Crippen LogP contribution in [0, 0.1) is 0 Å². The van der Waals surface area contributed by atoms with Crippen molar-refractivity contribution in [2.45, 2.75) is 0 Å². The van der Waals surface area contributed by atoms with E-state index in [1.54, 1.807) is 0 Å². The predicted molar refractivity (Wildman–Crippen MR) is 21.2 cm³/mol. The van der Waals surface area contributed by atoms with Gasteiger partial charge in [-0.25, -0.2) is 0 Å². The summed E-state index contributed by atoms with van der Waals surface area (Å²) in [6.07, 6.45) is 0. The van der Waals surface area contributed by atoms with Gasteiger partial charge in [0.05, 0.1) is 0 Å². The van der Waals surface area contributed by atoms with Gasteiger partial charge in [-0.05, 0) is 0 Å². The molecule has 0 aliphatic carbocycles. The number of rotatable bonds is 0. The Morgan fingerprint density at radius 2 is 0.667 bits per heavy atom. The second kappa shape index (κ2) is 8.47. The molecule has 12 heteroatoms.